The van der Waals surface area contributed by atoms with Crippen molar-refractivity contribution < 1.29 is 4.79 Å². The highest BCUT2D eigenvalue weighted by molar-refractivity contribution is 5.97. The molecular weight excluding hydrogens is 434 g/mol. The number of rotatable bonds is 8. The van der Waals surface area contributed by atoms with Crippen molar-refractivity contribution in [2.75, 3.05) is 26.2 Å². The van der Waals surface area contributed by atoms with E-state index in [1.165, 1.54) is 17.3 Å². The number of nitrogens with zero attached hydrogens (tertiary/aromatic N) is 3. The molecule has 1 amide bonds. The Bertz CT molecular complexity index is 1140. The molecule has 0 atom stereocenters. The highest BCUT2D eigenvalue weighted by atomic mass is 16.2. The summed E-state index contributed by atoms with van der Waals surface area (Å²) in [6.45, 7) is 3.62. The SMILES string of the molecule is N#C/C(=C/NCc1cccc(CN)c1)C(=O)N1CCN(C(c2ccccc2)c2ccccc2)CC1. The van der Waals surface area contributed by atoms with Gasteiger partial charge in [0.1, 0.15) is 11.6 Å². The molecule has 6 nitrogen and oxygen atoms in total. The zero-order valence-electron chi connectivity index (χ0n) is 19.8. The molecule has 3 N–H and O–H groups in total. The molecule has 0 aromatic heterocycles. The Kier molecular flexibility index (Phi) is 8.29. The molecule has 1 saturated heterocycles. The van der Waals surface area contributed by atoms with Crippen molar-refractivity contribution in [2.45, 2.75) is 19.1 Å². The number of hydrogen-bond donors (Lipinski definition) is 2. The number of amides is 1. The molecule has 0 unspecified atom stereocenters. The fourth-order valence-corrected chi connectivity index (χ4v) is 4.52. The van der Waals surface area contributed by atoms with E-state index >= 15 is 0 Å². The van der Waals surface area contributed by atoms with E-state index in [-0.39, 0.29) is 17.5 Å². The van der Waals surface area contributed by atoms with Crippen LogP contribution in [0.2, 0.25) is 0 Å². The van der Waals surface area contributed by atoms with Gasteiger partial charge in [-0.1, -0.05) is 84.9 Å². The van der Waals surface area contributed by atoms with Crippen molar-refractivity contribution in [2.24, 2.45) is 5.73 Å². The van der Waals surface area contributed by atoms with Gasteiger partial charge < -0.3 is 16.0 Å². The van der Waals surface area contributed by atoms with Crippen LogP contribution in [0.3, 0.4) is 0 Å². The third-order valence-electron chi connectivity index (χ3n) is 6.33. The molecule has 0 radical (unpaired) electrons. The van der Waals surface area contributed by atoms with Gasteiger partial charge in [0.05, 0.1) is 6.04 Å². The Morgan fingerprint density at radius 1 is 0.914 bits per heavy atom. The highest BCUT2D eigenvalue weighted by Gasteiger charge is 2.29. The highest BCUT2D eigenvalue weighted by Crippen LogP contribution is 2.29. The second-order valence-electron chi connectivity index (χ2n) is 8.63. The van der Waals surface area contributed by atoms with E-state index in [1.54, 1.807) is 4.90 Å². The summed E-state index contributed by atoms with van der Waals surface area (Å²) < 4.78 is 0. The summed E-state index contributed by atoms with van der Waals surface area (Å²) in [5, 5.41) is 12.7. The van der Waals surface area contributed by atoms with Crippen LogP contribution in [-0.4, -0.2) is 41.9 Å². The number of carbonyl (C=O) groups is 1. The standard InChI is InChI=1S/C29H31N5O/c30-19-23-8-7-9-24(18-23)21-32-22-27(20-31)29(35)34-16-14-33(15-17-34)28(25-10-3-1-4-11-25)26-12-5-2-6-13-26/h1-13,18,22,28,32H,14-17,19,21,30H2/b27-22-. The number of piperazine rings is 1. The molecule has 1 aliphatic rings. The zero-order chi connectivity index (χ0) is 24.5. The summed E-state index contributed by atoms with van der Waals surface area (Å²) >= 11 is 0. The van der Waals surface area contributed by atoms with Gasteiger partial charge in [-0.05, 0) is 22.3 Å². The summed E-state index contributed by atoms with van der Waals surface area (Å²) in [6, 6.07) is 31.1. The molecule has 1 aliphatic heterocycles. The molecule has 35 heavy (non-hydrogen) atoms. The van der Waals surface area contributed by atoms with Gasteiger partial charge in [0.25, 0.3) is 5.91 Å². The lowest BCUT2D eigenvalue weighted by Crippen LogP contribution is -2.50. The first kappa shape index (κ1) is 24.2. The summed E-state index contributed by atoms with van der Waals surface area (Å²) in [7, 11) is 0. The molecule has 0 bridgehead atoms. The molecule has 0 saturated carbocycles. The molecule has 178 valence electrons. The Labute approximate surface area is 207 Å². The van der Waals surface area contributed by atoms with E-state index in [0.29, 0.717) is 26.2 Å². The maximum absolute atomic E-state index is 13.0. The Hall–Kier alpha value is -3.92. The van der Waals surface area contributed by atoms with Gasteiger partial charge in [-0.3, -0.25) is 9.69 Å². The van der Waals surface area contributed by atoms with Gasteiger partial charge in [-0.15, -0.1) is 0 Å². The van der Waals surface area contributed by atoms with Crippen LogP contribution in [0.15, 0.2) is 96.7 Å². The first-order valence-electron chi connectivity index (χ1n) is 11.9. The molecule has 1 heterocycles. The molecule has 3 aromatic rings. The van der Waals surface area contributed by atoms with Gasteiger partial charge in [0, 0.05) is 45.5 Å². The van der Waals surface area contributed by atoms with Gasteiger partial charge in [0.15, 0.2) is 0 Å². The fraction of sp³-hybridized carbons (Fsp3) is 0.241. The van der Waals surface area contributed by atoms with Crippen LogP contribution in [0.5, 0.6) is 0 Å². The lowest BCUT2D eigenvalue weighted by molar-refractivity contribution is -0.128. The minimum atomic E-state index is -0.230. The van der Waals surface area contributed by atoms with Crippen molar-refractivity contribution in [1.29, 1.82) is 5.26 Å². The predicted molar refractivity (Wildman–Crippen MR) is 138 cm³/mol. The van der Waals surface area contributed by atoms with E-state index < -0.39 is 0 Å². The molecular formula is C29H31N5O. The molecule has 1 fully saturated rings. The molecule has 6 heteroatoms. The van der Waals surface area contributed by atoms with Crippen LogP contribution < -0.4 is 11.1 Å². The quantitative estimate of drug-likeness (QED) is 0.392. The van der Waals surface area contributed by atoms with Crippen LogP contribution in [0, 0.1) is 11.3 Å². The van der Waals surface area contributed by atoms with Crippen LogP contribution in [-0.2, 0) is 17.9 Å². The molecule has 0 spiro atoms. The number of hydrogen-bond acceptors (Lipinski definition) is 5. The van der Waals surface area contributed by atoms with Crippen LogP contribution in [0.1, 0.15) is 28.3 Å². The maximum Gasteiger partial charge on any atom is 0.266 e. The summed E-state index contributed by atoms with van der Waals surface area (Å²) in [4.78, 5) is 17.2. The van der Waals surface area contributed by atoms with Crippen molar-refractivity contribution in [1.82, 2.24) is 15.1 Å². The van der Waals surface area contributed by atoms with Gasteiger partial charge in [0.2, 0.25) is 0 Å². The summed E-state index contributed by atoms with van der Waals surface area (Å²) in [5.74, 6) is -0.230. The van der Waals surface area contributed by atoms with Crippen LogP contribution >= 0.6 is 0 Å². The molecule has 0 aliphatic carbocycles. The second kappa shape index (κ2) is 12.0. The largest absolute Gasteiger partial charge is 0.386 e. The monoisotopic (exact) mass is 465 g/mol. The van der Waals surface area contributed by atoms with Crippen molar-refractivity contribution in [3.05, 3.63) is 119 Å². The van der Waals surface area contributed by atoms with Gasteiger partial charge >= 0.3 is 0 Å². The summed E-state index contributed by atoms with van der Waals surface area (Å²) in [5.41, 5.74) is 10.4. The van der Waals surface area contributed by atoms with Crippen molar-refractivity contribution in [3.63, 3.8) is 0 Å². The Balaban J connectivity index is 1.39. The molecule has 3 aromatic carbocycles. The van der Waals surface area contributed by atoms with Gasteiger partial charge in [-0.25, -0.2) is 0 Å². The van der Waals surface area contributed by atoms with E-state index in [0.717, 1.165) is 24.2 Å². The van der Waals surface area contributed by atoms with E-state index in [9.17, 15) is 10.1 Å². The number of nitrogens with two attached hydrogens (primary N) is 1. The average Bonchev–Trinajstić information content (AvgIpc) is 2.93. The number of nitriles is 1. The lowest BCUT2D eigenvalue weighted by atomic mass is 9.96. The smallest absolute Gasteiger partial charge is 0.266 e. The molecule has 4 rings (SSSR count). The summed E-state index contributed by atoms with van der Waals surface area (Å²) in [6.07, 6.45) is 1.53. The Morgan fingerprint density at radius 3 is 2.09 bits per heavy atom. The lowest BCUT2D eigenvalue weighted by Gasteiger charge is -2.39. The van der Waals surface area contributed by atoms with E-state index in [2.05, 4.69) is 64.8 Å². The predicted octanol–water partition coefficient (Wildman–Crippen LogP) is 3.58. The first-order valence-corrected chi connectivity index (χ1v) is 11.9. The third kappa shape index (κ3) is 6.15. The maximum atomic E-state index is 13.0. The average molecular weight is 466 g/mol. The first-order chi connectivity index (χ1) is 17.2. The fourth-order valence-electron chi connectivity index (χ4n) is 4.52. The minimum Gasteiger partial charge on any atom is -0.386 e. The third-order valence-corrected chi connectivity index (χ3v) is 6.33. The number of nitrogens with one attached hydrogen (secondary N) is 1. The van der Waals surface area contributed by atoms with Crippen LogP contribution in [0.4, 0.5) is 0 Å². The van der Waals surface area contributed by atoms with Crippen molar-refractivity contribution in [3.8, 4) is 6.07 Å². The van der Waals surface area contributed by atoms with Crippen molar-refractivity contribution >= 4 is 5.91 Å². The minimum absolute atomic E-state index is 0.121. The second-order valence-corrected chi connectivity index (χ2v) is 8.63. The topological polar surface area (TPSA) is 85.4 Å². The van der Waals surface area contributed by atoms with Gasteiger partial charge in [-0.2, -0.15) is 5.26 Å². The normalized spacial score (nSPS) is 14.5. The zero-order valence-corrected chi connectivity index (χ0v) is 19.8. The van der Waals surface area contributed by atoms with E-state index in [4.69, 9.17) is 5.73 Å². The van der Waals surface area contributed by atoms with E-state index in [1.807, 2.05) is 36.4 Å². The number of benzene rings is 3. The number of carbonyl (C=O) groups excluding carboxylic acids is 1. The Morgan fingerprint density at radius 2 is 1.51 bits per heavy atom. The van der Waals surface area contributed by atoms with Crippen LogP contribution in [0.25, 0.3) is 0 Å².